The summed E-state index contributed by atoms with van der Waals surface area (Å²) in [5.74, 6) is -0.428. The molecule has 2 bridgehead atoms. The number of amides is 3. The minimum Gasteiger partial charge on any atom is -0.490 e. The summed E-state index contributed by atoms with van der Waals surface area (Å²) < 4.78 is 12.1. The normalized spacial score (nSPS) is 25.8. The maximum atomic E-state index is 14.1. The molecule has 2 saturated carbocycles. The predicted molar refractivity (Wildman–Crippen MR) is 198 cm³/mol. The fourth-order valence-electron chi connectivity index (χ4n) is 9.05. The second-order valence-electron chi connectivity index (χ2n) is 13.8. The highest BCUT2D eigenvalue weighted by molar-refractivity contribution is 8.00. The van der Waals surface area contributed by atoms with Crippen LogP contribution in [-0.2, 0) is 14.4 Å². The first-order valence-corrected chi connectivity index (χ1v) is 19.0. The fourth-order valence-corrected chi connectivity index (χ4v) is 11.9. The van der Waals surface area contributed by atoms with Crippen molar-refractivity contribution in [1.29, 1.82) is 0 Å². The number of aromatic amines is 1. The van der Waals surface area contributed by atoms with E-state index in [0.29, 0.717) is 29.5 Å². The molecular weight excluding hydrogens is 683 g/mol. The van der Waals surface area contributed by atoms with Crippen molar-refractivity contribution in [1.82, 2.24) is 4.98 Å². The zero-order chi connectivity index (χ0) is 35.0. The minimum atomic E-state index is -0.388. The molecule has 3 amide bonds. The third kappa shape index (κ3) is 5.28. The Hall–Kier alpha value is -4.87. The lowest BCUT2D eigenvalue weighted by molar-refractivity contribution is -0.123. The highest BCUT2D eigenvalue weighted by Crippen LogP contribution is 2.68. The van der Waals surface area contributed by atoms with Crippen molar-refractivity contribution in [2.24, 2.45) is 29.6 Å². The van der Waals surface area contributed by atoms with Crippen LogP contribution < -0.4 is 24.6 Å². The van der Waals surface area contributed by atoms with Gasteiger partial charge in [0.2, 0.25) is 11.8 Å². The van der Waals surface area contributed by atoms with E-state index in [2.05, 4.69) is 10.3 Å². The molecule has 9 nitrogen and oxygen atoms in total. The molecule has 6 unspecified atom stereocenters. The van der Waals surface area contributed by atoms with E-state index in [9.17, 15) is 19.2 Å². The van der Waals surface area contributed by atoms with Gasteiger partial charge in [0.15, 0.2) is 18.1 Å². The van der Waals surface area contributed by atoms with E-state index in [4.69, 9.17) is 9.47 Å². The summed E-state index contributed by atoms with van der Waals surface area (Å²) >= 11 is 2.88. The van der Waals surface area contributed by atoms with Crippen LogP contribution in [0.25, 0.3) is 10.8 Å². The molecule has 51 heavy (non-hydrogen) atoms. The Kier molecular flexibility index (Phi) is 7.81. The lowest BCUT2D eigenvalue weighted by atomic mass is 9.68. The van der Waals surface area contributed by atoms with Crippen molar-refractivity contribution in [3.05, 3.63) is 111 Å². The zero-order valence-electron chi connectivity index (χ0n) is 28.0. The molecule has 4 aromatic carbocycles. The number of carbonyl (C=O) groups excluding carboxylic acids is 3. The minimum absolute atomic E-state index is 0.00924. The molecule has 4 aliphatic rings. The average Bonchev–Trinajstić information content (AvgIpc) is 3.87. The highest BCUT2D eigenvalue weighted by atomic mass is 32.2. The molecule has 0 spiro atoms. The molecule has 258 valence electrons. The molecule has 2 aliphatic carbocycles. The van der Waals surface area contributed by atoms with Gasteiger partial charge in [0.1, 0.15) is 0 Å². The number of carbonyl (C=O) groups is 3. The summed E-state index contributed by atoms with van der Waals surface area (Å²) in [5.41, 5.74) is 3.33. The number of thioether (sulfide) groups is 1. The van der Waals surface area contributed by atoms with E-state index < -0.39 is 0 Å². The number of ether oxygens (including phenoxy) is 2. The molecule has 3 heterocycles. The van der Waals surface area contributed by atoms with E-state index in [-0.39, 0.29) is 70.0 Å². The lowest BCUT2D eigenvalue weighted by Gasteiger charge is -2.43. The number of anilines is 2. The van der Waals surface area contributed by atoms with Crippen LogP contribution in [-0.4, -0.2) is 41.2 Å². The number of thiazole rings is 1. The second-order valence-corrected chi connectivity index (χ2v) is 16.0. The Morgan fingerprint density at radius 1 is 0.882 bits per heavy atom. The van der Waals surface area contributed by atoms with Gasteiger partial charge in [-0.25, -0.2) is 0 Å². The molecule has 1 aromatic heterocycles. The second kappa shape index (κ2) is 12.4. The van der Waals surface area contributed by atoms with Gasteiger partial charge in [0.05, 0.1) is 29.2 Å². The number of hydrogen-bond acceptors (Lipinski definition) is 8. The van der Waals surface area contributed by atoms with Gasteiger partial charge in [-0.1, -0.05) is 65.4 Å². The number of fused-ring (bicyclic) bond motifs is 10. The van der Waals surface area contributed by atoms with E-state index in [1.54, 1.807) is 11.8 Å². The Labute approximate surface area is 302 Å². The first-order chi connectivity index (χ1) is 24.8. The van der Waals surface area contributed by atoms with E-state index in [0.717, 1.165) is 38.2 Å². The molecule has 11 heteroatoms. The van der Waals surface area contributed by atoms with Crippen molar-refractivity contribution in [3.63, 3.8) is 0 Å². The summed E-state index contributed by atoms with van der Waals surface area (Å²) in [6.07, 6.45) is 0.804. The molecular formula is C40H35N3O6S2. The molecule has 5 aromatic rings. The summed E-state index contributed by atoms with van der Waals surface area (Å²) in [7, 11) is 0. The van der Waals surface area contributed by atoms with Crippen LogP contribution in [0.5, 0.6) is 11.5 Å². The zero-order valence-corrected chi connectivity index (χ0v) is 29.6. The molecule has 2 N–H and O–H groups in total. The number of benzene rings is 4. The Morgan fingerprint density at radius 3 is 2.43 bits per heavy atom. The van der Waals surface area contributed by atoms with Crippen molar-refractivity contribution in [2.45, 2.75) is 36.5 Å². The van der Waals surface area contributed by atoms with Crippen LogP contribution in [0.3, 0.4) is 0 Å². The lowest BCUT2D eigenvalue weighted by Crippen LogP contribution is -2.42. The third-order valence-electron chi connectivity index (χ3n) is 11.0. The number of aryl methyl sites for hydroxylation is 1. The smallest absolute Gasteiger partial charge is 0.305 e. The average molecular weight is 718 g/mol. The standard InChI is InChI=1S/C40H35N3O6S2/c1-3-48-29-17-23(11-15-28(29)49-19-30(44)41-24-12-10-21-6-4-5-7-22(21)16-24)31-32-26-18-27(35(32)50-37-36(31)51-40(47)42-37)34-33(26)38(45)43(39(34)46)25-13-8-20(2)9-14-25/h4-17,26-27,31-35H,3,18-19H2,1-2H3,(H,41,44)(H,42,47)/t26?,27?,31-,32?,33?,34?,35?/m1/s1. The number of imide groups is 1. The Bertz CT molecular complexity index is 2280. The number of aromatic nitrogens is 1. The predicted octanol–water partition coefficient (Wildman–Crippen LogP) is 6.99. The van der Waals surface area contributed by atoms with Crippen molar-refractivity contribution < 1.29 is 23.9 Å². The van der Waals surface area contributed by atoms with Crippen LogP contribution >= 0.6 is 23.1 Å². The van der Waals surface area contributed by atoms with Gasteiger partial charge >= 0.3 is 4.87 Å². The van der Waals surface area contributed by atoms with Crippen molar-refractivity contribution >= 4 is 63.0 Å². The Morgan fingerprint density at radius 2 is 1.65 bits per heavy atom. The first kappa shape index (κ1) is 32.1. The van der Waals surface area contributed by atoms with Crippen LogP contribution in [0.15, 0.2) is 94.7 Å². The van der Waals surface area contributed by atoms with Gasteiger partial charge in [-0.05, 0) is 90.8 Å². The summed E-state index contributed by atoms with van der Waals surface area (Å²) in [5, 5.41) is 5.95. The van der Waals surface area contributed by atoms with Gasteiger partial charge in [0, 0.05) is 21.7 Å². The first-order valence-electron chi connectivity index (χ1n) is 17.3. The number of nitrogens with zero attached hydrogens (tertiary/aromatic N) is 1. The molecule has 7 atom stereocenters. The van der Waals surface area contributed by atoms with Crippen LogP contribution in [0.4, 0.5) is 11.4 Å². The van der Waals surface area contributed by atoms with Crippen LogP contribution in [0.1, 0.15) is 35.3 Å². The van der Waals surface area contributed by atoms with Gasteiger partial charge in [-0.3, -0.25) is 24.1 Å². The van der Waals surface area contributed by atoms with E-state index in [1.807, 2.05) is 98.8 Å². The molecule has 0 radical (unpaired) electrons. The van der Waals surface area contributed by atoms with E-state index in [1.165, 1.54) is 16.2 Å². The van der Waals surface area contributed by atoms with Gasteiger partial charge < -0.3 is 19.8 Å². The maximum Gasteiger partial charge on any atom is 0.305 e. The number of hydrogen-bond donors (Lipinski definition) is 2. The van der Waals surface area contributed by atoms with Gasteiger partial charge in [-0.2, -0.15) is 0 Å². The number of rotatable bonds is 8. The maximum absolute atomic E-state index is 14.1. The summed E-state index contributed by atoms with van der Waals surface area (Å²) in [4.78, 5) is 59.1. The molecule has 3 fully saturated rings. The number of H-pyrrole nitrogens is 1. The summed E-state index contributed by atoms with van der Waals surface area (Å²) in [6.45, 7) is 4.06. The monoisotopic (exact) mass is 717 g/mol. The van der Waals surface area contributed by atoms with Crippen LogP contribution in [0.2, 0.25) is 0 Å². The van der Waals surface area contributed by atoms with E-state index >= 15 is 0 Å². The van der Waals surface area contributed by atoms with Gasteiger partial charge in [0.25, 0.3) is 5.91 Å². The largest absolute Gasteiger partial charge is 0.490 e. The van der Waals surface area contributed by atoms with Crippen molar-refractivity contribution in [2.75, 3.05) is 23.4 Å². The summed E-state index contributed by atoms with van der Waals surface area (Å²) in [6, 6.07) is 27.1. The quantitative estimate of drug-likeness (QED) is 0.166. The Balaban J connectivity index is 1.00. The fraction of sp³-hybridized carbons (Fsp3) is 0.300. The molecule has 9 rings (SSSR count). The topological polar surface area (TPSA) is 118 Å². The van der Waals surface area contributed by atoms with Crippen molar-refractivity contribution in [3.8, 4) is 11.5 Å². The van der Waals surface area contributed by atoms with Gasteiger partial charge in [-0.15, -0.1) is 11.8 Å². The third-order valence-corrected chi connectivity index (χ3v) is 13.6. The number of nitrogens with one attached hydrogen (secondary N) is 2. The molecule has 2 aliphatic heterocycles. The highest BCUT2D eigenvalue weighted by Gasteiger charge is 2.69. The molecule has 1 saturated heterocycles. The van der Waals surface area contributed by atoms with Crippen LogP contribution in [0, 0.1) is 36.5 Å². The SMILES string of the molecule is CCOc1cc([C@H]2c3sc(=O)[nH]c3SC3C4CC(C5C(=O)N(c6ccc(C)cc6)C(=O)C45)C32)ccc1OCC(=O)Nc1ccc2ccccc2c1.